The molecule has 0 saturated carbocycles. The van der Waals surface area contributed by atoms with E-state index in [1.54, 1.807) is 11.3 Å². The molecule has 152 valence electrons. The first-order valence-corrected chi connectivity index (χ1v) is 11.0. The molecule has 0 aliphatic carbocycles. The van der Waals surface area contributed by atoms with Crippen LogP contribution in [0.3, 0.4) is 0 Å². The Morgan fingerprint density at radius 2 is 1.90 bits per heavy atom. The number of aromatic nitrogens is 1. The number of amides is 1. The van der Waals surface area contributed by atoms with Gasteiger partial charge >= 0.3 is 0 Å². The second-order valence-electron chi connectivity index (χ2n) is 7.31. The van der Waals surface area contributed by atoms with Gasteiger partial charge in [-0.3, -0.25) is 4.79 Å². The number of fused-ring (bicyclic) bond motifs is 1. The third-order valence-electron chi connectivity index (χ3n) is 5.09. The van der Waals surface area contributed by atoms with Crippen molar-refractivity contribution in [2.45, 2.75) is 32.1 Å². The molecular weight excluding hydrogens is 384 g/mol. The summed E-state index contributed by atoms with van der Waals surface area (Å²) in [5, 5.41) is 1.13. The van der Waals surface area contributed by atoms with Gasteiger partial charge in [0.25, 0.3) is 5.91 Å². The highest BCUT2D eigenvalue weighted by molar-refractivity contribution is 7.18. The smallest absolute Gasteiger partial charge is 0.260 e. The first-order chi connectivity index (χ1) is 14.2. The Hall–Kier alpha value is -2.60. The van der Waals surface area contributed by atoms with Crippen molar-refractivity contribution in [2.75, 3.05) is 26.3 Å². The molecule has 1 aliphatic heterocycles. The van der Waals surface area contributed by atoms with Gasteiger partial charge in [0.15, 0.2) is 6.61 Å². The highest BCUT2D eigenvalue weighted by Crippen LogP contribution is 2.33. The van der Waals surface area contributed by atoms with Crippen LogP contribution in [0.4, 0.5) is 0 Å². The Balaban J connectivity index is 1.32. The number of carbonyl (C=O) groups excluding carboxylic acids is 1. The minimum atomic E-state index is 0.0297. The van der Waals surface area contributed by atoms with Crippen LogP contribution in [-0.4, -0.2) is 42.1 Å². The predicted molar refractivity (Wildman–Crippen MR) is 116 cm³/mol. The first kappa shape index (κ1) is 19.7. The molecule has 1 amide bonds. The standard InChI is InChI=1S/C23H26N2O3S/c1-2-14-27-18-9-11-19(12-10-18)28-16-22(26)25-13-5-6-17(15-25)23-24-20-7-3-4-8-21(20)29-23/h3-4,7-12,17H,2,5-6,13-16H2,1H3/t17-/m0/s1. The lowest BCUT2D eigenvalue weighted by Crippen LogP contribution is -2.41. The van der Waals surface area contributed by atoms with Crippen molar-refractivity contribution < 1.29 is 14.3 Å². The molecule has 4 rings (SSSR count). The van der Waals surface area contributed by atoms with E-state index in [1.807, 2.05) is 47.4 Å². The molecule has 1 atom stereocenters. The van der Waals surface area contributed by atoms with Crippen molar-refractivity contribution in [1.29, 1.82) is 0 Å². The van der Waals surface area contributed by atoms with E-state index in [-0.39, 0.29) is 12.5 Å². The minimum absolute atomic E-state index is 0.0297. The zero-order chi connectivity index (χ0) is 20.1. The van der Waals surface area contributed by atoms with E-state index in [0.717, 1.165) is 42.1 Å². The molecule has 1 saturated heterocycles. The summed E-state index contributed by atoms with van der Waals surface area (Å²) >= 11 is 1.74. The summed E-state index contributed by atoms with van der Waals surface area (Å²) in [6.07, 6.45) is 3.04. The van der Waals surface area contributed by atoms with Gasteiger partial charge in [0, 0.05) is 19.0 Å². The van der Waals surface area contributed by atoms with Gasteiger partial charge in [-0.15, -0.1) is 11.3 Å². The van der Waals surface area contributed by atoms with Crippen LogP contribution in [-0.2, 0) is 4.79 Å². The van der Waals surface area contributed by atoms with Gasteiger partial charge in [0.2, 0.25) is 0 Å². The highest BCUT2D eigenvalue weighted by Gasteiger charge is 2.27. The van der Waals surface area contributed by atoms with Crippen LogP contribution < -0.4 is 9.47 Å². The van der Waals surface area contributed by atoms with E-state index >= 15 is 0 Å². The molecule has 1 aromatic heterocycles. The maximum absolute atomic E-state index is 12.7. The van der Waals surface area contributed by atoms with Crippen molar-refractivity contribution in [3.8, 4) is 11.5 Å². The van der Waals surface area contributed by atoms with Crippen molar-refractivity contribution in [2.24, 2.45) is 0 Å². The van der Waals surface area contributed by atoms with E-state index in [1.165, 1.54) is 4.70 Å². The fraction of sp³-hybridized carbons (Fsp3) is 0.391. The molecule has 1 aliphatic rings. The van der Waals surface area contributed by atoms with Crippen LogP contribution in [0, 0.1) is 0 Å². The summed E-state index contributed by atoms with van der Waals surface area (Å²) in [5.74, 6) is 1.84. The second-order valence-corrected chi connectivity index (χ2v) is 8.37. The Morgan fingerprint density at radius 3 is 2.66 bits per heavy atom. The summed E-state index contributed by atoms with van der Waals surface area (Å²) in [6.45, 7) is 4.33. The largest absolute Gasteiger partial charge is 0.494 e. The Kier molecular flexibility index (Phi) is 6.30. The van der Waals surface area contributed by atoms with Gasteiger partial charge in [-0.05, 0) is 55.7 Å². The average molecular weight is 411 g/mol. The van der Waals surface area contributed by atoms with Crippen molar-refractivity contribution in [1.82, 2.24) is 9.88 Å². The van der Waals surface area contributed by atoms with E-state index < -0.39 is 0 Å². The average Bonchev–Trinajstić information content (AvgIpc) is 3.21. The summed E-state index contributed by atoms with van der Waals surface area (Å²) in [5.41, 5.74) is 1.05. The number of rotatable bonds is 7. The normalized spacial score (nSPS) is 16.7. The number of thiazole rings is 1. The predicted octanol–water partition coefficient (Wildman–Crippen LogP) is 4.87. The van der Waals surface area contributed by atoms with Crippen LogP contribution in [0.5, 0.6) is 11.5 Å². The number of likely N-dealkylation sites (tertiary alicyclic amines) is 1. The molecule has 3 aromatic rings. The maximum atomic E-state index is 12.7. The van der Waals surface area contributed by atoms with Crippen LogP contribution in [0.2, 0.25) is 0 Å². The molecule has 0 radical (unpaired) electrons. The molecule has 0 bridgehead atoms. The monoisotopic (exact) mass is 410 g/mol. The number of carbonyl (C=O) groups is 1. The molecule has 5 nitrogen and oxygen atoms in total. The Labute approximate surface area is 175 Å². The Bertz CT molecular complexity index is 921. The fourth-order valence-corrected chi connectivity index (χ4v) is 4.65. The van der Waals surface area contributed by atoms with Gasteiger partial charge in [-0.2, -0.15) is 0 Å². The van der Waals surface area contributed by atoms with E-state index in [2.05, 4.69) is 13.0 Å². The molecule has 2 heterocycles. The van der Waals surface area contributed by atoms with E-state index in [4.69, 9.17) is 14.5 Å². The molecule has 0 N–H and O–H groups in total. The van der Waals surface area contributed by atoms with Crippen molar-refractivity contribution >= 4 is 27.5 Å². The van der Waals surface area contributed by atoms with Gasteiger partial charge in [-0.1, -0.05) is 19.1 Å². The molecule has 1 fully saturated rings. The summed E-state index contributed by atoms with van der Waals surface area (Å²) < 4.78 is 12.5. The molecule has 6 heteroatoms. The zero-order valence-electron chi connectivity index (χ0n) is 16.7. The summed E-state index contributed by atoms with van der Waals surface area (Å²) in [4.78, 5) is 19.4. The third-order valence-corrected chi connectivity index (χ3v) is 6.29. The Morgan fingerprint density at radius 1 is 1.14 bits per heavy atom. The van der Waals surface area contributed by atoms with Crippen molar-refractivity contribution in [3.05, 3.63) is 53.5 Å². The molecule has 2 aromatic carbocycles. The molecular formula is C23H26N2O3S. The third kappa shape index (κ3) is 4.88. The number of nitrogens with zero attached hydrogens (tertiary/aromatic N) is 2. The first-order valence-electron chi connectivity index (χ1n) is 10.2. The fourth-order valence-electron chi connectivity index (χ4n) is 3.56. The van der Waals surface area contributed by atoms with Gasteiger partial charge < -0.3 is 14.4 Å². The quantitative estimate of drug-likeness (QED) is 0.558. The number of para-hydroxylation sites is 1. The molecule has 0 spiro atoms. The highest BCUT2D eigenvalue weighted by atomic mass is 32.1. The van der Waals surface area contributed by atoms with Gasteiger partial charge in [-0.25, -0.2) is 4.98 Å². The maximum Gasteiger partial charge on any atom is 0.260 e. The molecule has 0 unspecified atom stereocenters. The molecule has 29 heavy (non-hydrogen) atoms. The lowest BCUT2D eigenvalue weighted by atomic mass is 9.99. The topological polar surface area (TPSA) is 51.7 Å². The lowest BCUT2D eigenvalue weighted by Gasteiger charge is -2.31. The number of ether oxygens (including phenoxy) is 2. The summed E-state index contributed by atoms with van der Waals surface area (Å²) in [7, 11) is 0. The van der Waals surface area contributed by atoms with Crippen molar-refractivity contribution in [3.63, 3.8) is 0 Å². The van der Waals surface area contributed by atoms with Crippen LogP contribution in [0.15, 0.2) is 48.5 Å². The minimum Gasteiger partial charge on any atom is -0.494 e. The van der Waals surface area contributed by atoms with E-state index in [0.29, 0.717) is 24.8 Å². The van der Waals surface area contributed by atoms with Crippen LogP contribution >= 0.6 is 11.3 Å². The number of hydrogen-bond acceptors (Lipinski definition) is 5. The zero-order valence-corrected chi connectivity index (χ0v) is 17.5. The number of piperidine rings is 1. The van der Waals surface area contributed by atoms with Gasteiger partial charge in [0.05, 0.1) is 21.8 Å². The van der Waals surface area contributed by atoms with Crippen LogP contribution in [0.1, 0.15) is 37.1 Å². The van der Waals surface area contributed by atoms with Gasteiger partial charge in [0.1, 0.15) is 11.5 Å². The summed E-state index contributed by atoms with van der Waals surface area (Å²) in [6, 6.07) is 15.7. The van der Waals surface area contributed by atoms with Crippen LogP contribution in [0.25, 0.3) is 10.2 Å². The lowest BCUT2D eigenvalue weighted by molar-refractivity contribution is -0.134. The number of hydrogen-bond donors (Lipinski definition) is 0. The SMILES string of the molecule is CCCOc1ccc(OCC(=O)N2CCC[C@H](c3nc4ccccc4s3)C2)cc1. The number of benzene rings is 2. The van der Waals surface area contributed by atoms with E-state index in [9.17, 15) is 4.79 Å². The second kappa shape index (κ2) is 9.27.